The zero-order valence-corrected chi connectivity index (χ0v) is 13.8. The monoisotopic (exact) mass is 290 g/mol. The van der Waals surface area contributed by atoms with E-state index in [1.807, 2.05) is 12.1 Å². The number of carbonyl (C=O) groups excluding carboxylic acids is 1. The third-order valence-corrected chi connectivity index (χ3v) is 3.52. The number of hydrogen-bond acceptors (Lipinski definition) is 3. The van der Waals surface area contributed by atoms with Crippen LogP contribution in [0.4, 0.5) is 5.82 Å². The molecule has 3 nitrogen and oxygen atoms in total. The first-order valence-corrected chi connectivity index (χ1v) is 8.37. The number of nitrogens with one attached hydrogen (secondary N) is 1. The van der Waals surface area contributed by atoms with Crippen molar-refractivity contribution in [2.75, 3.05) is 11.9 Å². The third kappa shape index (κ3) is 7.26. The fourth-order valence-electron chi connectivity index (χ4n) is 2.36. The predicted molar refractivity (Wildman–Crippen MR) is 89.9 cm³/mol. The maximum absolute atomic E-state index is 12.2. The van der Waals surface area contributed by atoms with Gasteiger partial charge in [0.15, 0.2) is 5.78 Å². The number of anilines is 1. The van der Waals surface area contributed by atoms with Gasteiger partial charge in [0.2, 0.25) is 0 Å². The van der Waals surface area contributed by atoms with Gasteiger partial charge in [0.1, 0.15) is 5.82 Å². The molecule has 0 spiro atoms. The van der Waals surface area contributed by atoms with E-state index in [9.17, 15) is 4.79 Å². The summed E-state index contributed by atoms with van der Waals surface area (Å²) in [5.41, 5.74) is 0.734. The Morgan fingerprint density at radius 2 is 1.90 bits per heavy atom. The Morgan fingerprint density at radius 1 is 1.19 bits per heavy atom. The molecule has 0 aliphatic carbocycles. The van der Waals surface area contributed by atoms with Gasteiger partial charge in [-0.3, -0.25) is 4.79 Å². The maximum atomic E-state index is 12.2. The fourth-order valence-corrected chi connectivity index (χ4v) is 2.36. The molecule has 0 saturated heterocycles. The Hall–Kier alpha value is -1.38. The molecule has 1 aromatic heterocycles. The number of nitrogens with zero attached hydrogens (tertiary/aromatic N) is 1. The molecule has 118 valence electrons. The average molecular weight is 290 g/mol. The minimum atomic E-state index is 0.184. The molecule has 0 unspecified atom stereocenters. The smallest absolute Gasteiger partial charge is 0.166 e. The Balaban J connectivity index is 2.39. The van der Waals surface area contributed by atoms with Crippen molar-refractivity contribution in [2.24, 2.45) is 5.92 Å². The number of aromatic nitrogens is 1. The van der Waals surface area contributed by atoms with Gasteiger partial charge < -0.3 is 5.32 Å². The lowest BCUT2D eigenvalue weighted by Gasteiger charge is -2.11. The number of Topliss-reactive ketones (excluding diaryl/α,β-unsaturated/α-hetero) is 1. The van der Waals surface area contributed by atoms with Crippen LogP contribution in [0.1, 0.15) is 76.1 Å². The van der Waals surface area contributed by atoms with E-state index in [0.717, 1.165) is 24.3 Å². The highest BCUT2D eigenvalue weighted by atomic mass is 16.1. The Bertz CT molecular complexity index is 415. The number of pyridine rings is 1. The van der Waals surface area contributed by atoms with Crippen molar-refractivity contribution in [3.05, 3.63) is 23.9 Å². The first kappa shape index (κ1) is 17.7. The van der Waals surface area contributed by atoms with Crippen LogP contribution >= 0.6 is 0 Å². The Labute approximate surface area is 129 Å². The molecule has 0 atom stereocenters. The lowest BCUT2D eigenvalue weighted by atomic mass is 10.0. The summed E-state index contributed by atoms with van der Waals surface area (Å²) in [5, 5.41) is 3.33. The number of unbranched alkanes of at least 4 members (excludes halogenated alkanes) is 5. The Kier molecular flexibility index (Phi) is 8.72. The Morgan fingerprint density at radius 3 is 2.62 bits per heavy atom. The van der Waals surface area contributed by atoms with Crippen LogP contribution in [0.2, 0.25) is 0 Å². The third-order valence-electron chi connectivity index (χ3n) is 3.52. The van der Waals surface area contributed by atoms with Crippen LogP contribution in [0.3, 0.4) is 0 Å². The average Bonchev–Trinajstić information content (AvgIpc) is 2.46. The minimum Gasteiger partial charge on any atom is -0.369 e. The van der Waals surface area contributed by atoms with Crippen molar-refractivity contribution in [1.29, 1.82) is 0 Å². The molecule has 21 heavy (non-hydrogen) atoms. The second kappa shape index (κ2) is 10.4. The normalized spacial score (nSPS) is 10.9. The summed E-state index contributed by atoms with van der Waals surface area (Å²) in [6, 6.07) is 3.71. The van der Waals surface area contributed by atoms with E-state index in [1.165, 1.54) is 32.1 Å². The quantitative estimate of drug-likeness (QED) is 0.456. The van der Waals surface area contributed by atoms with Gasteiger partial charge in [-0.1, -0.05) is 52.9 Å². The van der Waals surface area contributed by atoms with Crippen molar-refractivity contribution in [3.8, 4) is 0 Å². The van der Waals surface area contributed by atoms with E-state index in [1.54, 1.807) is 6.20 Å². The molecule has 0 aliphatic rings. The zero-order chi connectivity index (χ0) is 15.5. The summed E-state index contributed by atoms with van der Waals surface area (Å²) in [5.74, 6) is 1.31. The van der Waals surface area contributed by atoms with Crippen LogP contribution in [0.25, 0.3) is 0 Å². The highest BCUT2D eigenvalue weighted by molar-refractivity contribution is 6.00. The van der Waals surface area contributed by atoms with Gasteiger partial charge in [-0.2, -0.15) is 0 Å². The van der Waals surface area contributed by atoms with Crippen LogP contribution in [-0.4, -0.2) is 17.3 Å². The van der Waals surface area contributed by atoms with Crippen LogP contribution in [0.5, 0.6) is 0 Å². The summed E-state index contributed by atoms with van der Waals surface area (Å²) >= 11 is 0. The van der Waals surface area contributed by atoms with E-state index >= 15 is 0 Å². The van der Waals surface area contributed by atoms with E-state index in [2.05, 4.69) is 31.1 Å². The van der Waals surface area contributed by atoms with Gasteiger partial charge in [0.25, 0.3) is 0 Å². The van der Waals surface area contributed by atoms with Crippen molar-refractivity contribution in [1.82, 2.24) is 4.98 Å². The summed E-state index contributed by atoms with van der Waals surface area (Å²) in [6.45, 7) is 7.26. The molecule has 0 saturated carbocycles. The molecule has 3 heteroatoms. The van der Waals surface area contributed by atoms with Gasteiger partial charge in [-0.15, -0.1) is 0 Å². The summed E-state index contributed by atoms with van der Waals surface area (Å²) < 4.78 is 0. The van der Waals surface area contributed by atoms with Gasteiger partial charge in [-0.05, 0) is 24.5 Å². The topological polar surface area (TPSA) is 42.0 Å². The van der Waals surface area contributed by atoms with Crippen molar-refractivity contribution < 1.29 is 4.79 Å². The SMILES string of the molecule is CCCCCCCCNc1ncccc1C(=O)CC(C)C. The molecular formula is C18H30N2O. The first-order valence-electron chi connectivity index (χ1n) is 8.37. The molecule has 0 aliphatic heterocycles. The van der Waals surface area contributed by atoms with E-state index in [4.69, 9.17) is 0 Å². The molecule has 0 fully saturated rings. The van der Waals surface area contributed by atoms with E-state index < -0.39 is 0 Å². The highest BCUT2D eigenvalue weighted by Gasteiger charge is 2.13. The summed E-state index contributed by atoms with van der Waals surface area (Å²) in [7, 11) is 0. The molecular weight excluding hydrogens is 260 g/mol. The molecule has 1 aromatic rings. The lowest BCUT2D eigenvalue weighted by molar-refractivity contribution is 0.0968. The molecule has 1 rings (SSSR count). The second-order valence-corrected chi connectivity index (χ2v) is 6.12. The minimum absolute atomic E-state index is 0.184. The summed E-state index contributed by atoms with van der Waals surface area (Å²) in [4.78, 5) is 16.5. The molecule has 1 heterocycles. The number of hydrogen-bond donors (Lipinski definition) is 1. The summed E-state index contributed by atoms with van der Waals surface area (Å²) in [6.07, 6.45) is 9.96. The molecule has 0 radical (unpaired) electrons. The van der Waals surface area contributed by atoms with Crippen LogP contribution in [0, 0.1) is 5.92 Å². The second-order valence-electron chi connectivity index (χ2n) is 6.12. The number of ketones is 1. The van der Waals surface area contributed by atoms with Crippen LogP contribution < -0.4 is 5.32 Å². The van der Waals surface area contributed by atoms with Gasteiger partial charge in [0, 0.05) is 19.2 Å². The highest BCUT2D eigenvalue weighted by Crippen LogP contribution is 2.16. The van der Waals surface area contributed by atoms with Crippen molar-refractivity contribution in [3.63, 3.8) is 0 Å². The standard InChI is InChI=1S/C18H30N2O/c1-4-5-6-7-8-9-12-19-18-16(11-10-13-20-18)17(21)14-15(2)3/h10-11,13,15H,4-9,12,14H2,1-3H3,(H,19,20). The molecule has 0 amide bonds. The maximum Gasteiger partial charge on any atom is 0.166 e. The fraction of sp³-hybridized carbons (Fsp3) is 0.667. The van der Waals surface area contributed by atoms with E-state index in [-0.39, 0.29) is 5.78 Å². The number of carbonyl (C=O) groups is 1. The lowest BCUT2D eigenvalue weighted by Crippen LogP contribution is -2.11. The van der Waals surface area contributed by atoms with Crippen LogP contribution in [0.15, 0.2) is 18.3 Å². The van der Waals surface area contributed by atoms with Crippen molar-refractivity contribution in [2.45, 2.75) is 65.7 Å². The largest absolute Gasteiger partial charge is 0.369 e. The first-order chi connectivity index (χ1) is 10.1. The zero-order valence-electron chi connectivity index (χ0n) is 13.8. The van der Waals surface area contributed by atoms with E-state index in [0.29, 0.717) is 12.3 Å². The predicted octanol–water partition coefficient (Wildman–Crippen LogP) is 5.08. The van der Waals surface area contributed by atoms with Crippen molar-refractivity contribution >= 4 is 11.6 Å². The van der Waals surface area contributed by atoms with Gasteiger partial charge >= 0.3 is 0 Å². The molecule has 0 bridgehead atoms. The van der Waals surface area contributed by atoms with Gasteiger partial charge in [-0.25, -0.2) is 4.98 Å². The number of rotatable bonds is 11. The molecule has 1 N–H and O–H groups in total. The molecule has 0 aromatic carbocycles. The van der Waals surface area contributed by atoms with Crippen LogP contribution in [-0.2, 0) is 0 Å². The van der Waals surface area contributed by atoms with Gasteiger partial charge in [0.05, 0.1) is 5.56 Å².